The van der Waals surface area contributed by atoms with E-state index in [1.165, 1.54) is 4.90 Å². The lowest BCUT2D eigenvalue weighted by atomic mass is 10.1. The number of amides is 2. The van der Waals surface area contributed by atoms with Gasteiger partial charge in [0, 0.05) is 33.7 Å². The van der Waals surface area contributed by atoms with Crippen molar-refractivity contribution in [2.45, 2.75) is 13.5 Å². The van der Waals surface area contributed by atoms with Crippen molar-refractivity contribution in [1.82, 2.24) is 9.47 Å². The maximum atomic E-state index is 13.1. The molecule has 5 rings (SSSR count). The fourth-order valence-electron chi connectivity index (χ4n) is 4.24. The summed E-state index contributed by atoms with van der Waals surface area (Å²) in [6.07, 6.45) is 1.84. The summed E-state index contributed by atoms with van der Waals surface area (Å²) in [6.45, 7) is 3.08. The van der Waals surface area contributed by atoms with Gasteiger partial charge >= 0.3 is 0 Å². The first kappa shape index (κ1) is 23.3. The largest absolute Gasteiger partial charge is 0.492 e. The maximum Gasteiger partial charge on any atom is 0.293 e. The highest BCUT2D eigenvalue weighted by Gasteiger charge is 2.35. The molecule has 0 radical (unpaired) electrons. The molecule has 2 heterocycles. The molecule has 0 unspecified atom stereocenters. The molecule has 0 aliphatic carbocycles. The molecule has 1 aliphatic rings. The lowest BCUT2D eigenvalue weighted by Gasteiger charge is -2.13. The Kier molecular flexibility index (Phi) is 6.66. The minimum Gasteiger partial charge on any atom is -0.492 e. The van der Waals surface area contributed by atoms with Gasteiger partial charge in [0.25, 0.3) is 11.1 Å². The van der Waals surface area contributed by atoms with E-state index < -0.39 is 0 Å². The highest BCUT2D eigenvalue weighted by atomic mass is 35.5. The number of carbonyl (C=O) groups is 2. The minimum absolute atomic E-state index is 0.199. The van der Waals surface area contributed by atoms with Crippen LogP contribution >= 0.6 is 23.4 Å². The van der Waals surface area contributed by atoms with Crippen LogP contribution in [-0.4, -0.2) is 33.8 Å². The Morgan fingerprint density at radius 1 is 0.943 bits per heavy atom. The van der Waals surface area contributed by atoms with Crippen LogP contribution < -0.4 is 4.74 Å². The number of carbonyl (C=O) groups excluding carboxylic acids is 2. The first-order chi connectivity index (χ1) is 17.0. The van der Waals surface area contributed by atoms with Crippen LogP contribution in [0.25, 0.3) is 17.0 Å². The molecular weight excluding hydrogens is 480 g/mol. The third-order valence-corrected chi connectivity index (χ3v) is 7.32. The van der Waals surface area contributed by atoms with Gasteiger partial charge in [0.2, 0.25) is 0 Å². The molecule has 0 spiro atoms. The average Bonchev–Trinajstić information content (AvgIpc) is 3.29. The molecule has 3 aromatic carbocycles. The fraction of sp³-hybridized carbons (Fsp3) is 0.143. The van der Waals surface area contributed by atoms with Crippen LogP contribution in [0.1, 0.15) is 16.8 Å². The van der Waals surface area contributed by atoms with Crippen LogP contribution in [0, 0.1) is 6.92 Å². The average molecular weight is 503 g/mol. The summed E-state index contributed by atoms with van der Waals surface area (Å²) in [5.41, 5.74) is 4.00. The van der Waals surface area contributed by atoms with E-state index >= 15 is 0 Å². The Hall–Kier alpha value is -3.48. The molecule has 4 aromatic rings. The second-order valence-corrected chi connectivity index (χ2v) is 9.59. The van der Waals surface area contributed by atoms with Crippen molar-refractivity contribution in [2.75, 3.05) is 13.2 Å². The summed E-state index contributed by atoms with van der Waals surface area (Å²) < 4.78 is 7.87. The molecule has 176 valence electrons. The van der Waals surface area contributed by atoms with Crippen molar-refractivity contribution in [3.05, 3.63) is 106 Å². The number of aromatic nitrogens is 1. The number of imide groups is 1. The second-order valence-electron chi connectivity index (χ2n) is 8.19. The smallest absolute Gasteiger partial charge is 0.293 e. The Balaban J connectivity index is 1.41. The van der Waals surface area contributed by atoms with Gasteiger partial charge in [-0.2, -0.15) is 0 Å². The van der Waals surface area contributed by atoms with Crippen LogP contribution in [0.3, 0.4) is 0 Å². The number of para-hydroxylation sites is 2. The van der Waals surface area contributed by atoms with Crippen molar-refractivity contribution in [2.24, 2.45) is 0 Å². The quantitative estimate of drug-likeness (QED) is 0.262. The standard InChI is InChI=1S/C28H23ClN2O3S/c1-19-23(22-12-6-8-14-25(22)31(19)18-20-9-5-7-13-24(20)29)17-26-27(32)30(28(33)35-26)15-16-34-21-10-3-2-4-11-21/h2-14,17H,15-16,18H2,1H3/b26-17-. The zero-order chi connectivity index (χ0) is 24.4. The predicted molar refractivity (Wildman–Crippen MR) is 142 cm³/mol. The molecule has 1 aromatic heterocycles. The second kappa shape index (κ2) is 10.0. The minimum atomic E-state index is -0.293. The third-order valence-electron chi connectivity index (χ3n) is 6.04. The number of hydrogen-bond acceptors (Lipinski definition) is 4. The Morgan fingerprint density at radius 2 is 1.66 bits per heavy atom. The zero-order valence-corrected chi connectivity index (χ0v) is 20.7. The van der Waals surface area contributed by atoms with Gasteiger partial charge < -0.3 is 9.30 Å². The van der Waals surface area contributed by atoms with Gasteiger partial charge in [0.05, 0.1) is 11.4 Å². The normalized spacial score (nSPS) is 14.9. The summed E-state index contributed by atoms with van der Waals surface area (Å²) in [7, 11) is 0. The van der Waals surface area contributed by atoms with Crippen LogP contribution in [0.5, 0.6) is 5.75 Å². The van der Waals surface area contributed by atoms with Crippen molar-refractivity contribution in [1.29, 1.82) is 0 Å². The van der Waals surface area contributed by atoms with E-state index in [2.05, 4.69) is 10.6 Å². The van der Waals surface area contributed by atoms with Gasteiger partial charge in [-0.3, -0.25) is 14.5 Å². The molecule has 2 amide bonds. The monoisotopic (exact) mass is 502 g/mol. The Bertz CT molecular complexity index is 1450. The van der Waals surface area contributed by atoms with Crippen LogP contribution in [-0.2, 0) is 11.3 Å². The summed E-state index contributed by atoms with van der Waals surface area (Å²) in [5.74, 6) is 0.413. The first-order valence-corrected chi connectivity index (χ1v) is 12.5. The van der Waals surface area contributed by atoms with E-state index in [9.17, 15) is 9.59 Å². The Morgan fingerprint density at radius 3 is 2.46 bits per heavy atom. The van der Waals surface area contributed by atoms with E-state index in [-0.39, 0.29) is 24.3 Å². The van der Waals surface area contributed by atoms with Gasteiger partial charge in [-0.15, -0.1) is 0 Å². The highest BCUT2D eigenvalue weighted by Crippen LogP contribution is 2.36. The molecule has 0 bridgehead atoms. The number of rotatable bonds is 7. The SMILES string of the molecule is Cc1c(/C=C2\SC(=O)N(CCOc3ccccc3)C2=O)c2ccccc2n1Cc1ccccc1Cl. The van der Waals surface area contributed by atoms with Crippen LogP contribution in [0.2, 0.25) is 5.02 Å². The predicted octanol–water partition coefficient (Wildman–Crippen LogP) is 6.77. The van der Waals surface area contributed by atoms with Crippen molar-refractivity contribution >= 4 is 51.5 Å². The number of thioether (sulfide) groups is 1. The van der Waals surface area contributed by atoms with Crippen molar-refractivity contribution in [3.8, 4) is 5.75 Å². The van der Waals surface area contributed by atoms with Gasteiger partial charge in [-0.1, -0.05) is 66.2 Å². The fourth-order valence-corrected chi connectivity index (χ4v) is 5.28. The van der Waals surface area contributed by atoms with E-state index in [1.807, 2.05) is 85.8 Å². The molecule has 35 heavy (non-hydrogen) atoms. The number of halogens is 1. The zero-order valence-electron chi connectivity index (χ0n) is 19.1. The summed E-state index contributed by atoms with van der Waals surface area (Å²) >= 11 is 7.40. The van der Waals surface area contributed by atoms with Gasteiger partial charge in [0.1, 0.15) is 12.4 Å². The topological polar surface area (TPSA) is 51.5 Å². The van der Waals surface area contributed by atoms with E-state index in [0.29, 0.717) is 22.2 Å². The number of ether oxygens (including phenoxy) is 1. The maximum absolute atomic E-state index is 13.1. The van der Waals surface area contributed by atoms with E-state index in [0.717, 1.165) is 39.5 Å². The van der Waals surface area contributed by atoms with Crippen molar-refractivity contribution in [3.63, 3.8) is 0 Å². The van der Waals surface area contributed by atoms with Crippen LogP contribution in [0.4, 0.5) is 4.79 Å². The Labute approximate surface area is 212 Å². The molecule has 0 N–H and O–H groups in total. The molecule has 7 heteroatoms. The first-order valence-electron chi connectivity index (χ1n) is 11.3. The number of benzene rings is 3. The molecule has 1 fully saturated rings. The molecular formula is C28H23ClN2O3S. The summed E-state index contributed by atoms with van der Waals surface area (Å²) in [5, 5.41) is 1.46. The lowest BCUT2D eigenvalue weighted by Crippen LogP contribution is -2.32. The number of nitrogens with zero attached hydrogens (tertiary/aromatic N) is 2. The van der Waals surface area contributed by atoms with E-state index in [1.54, 1.807) is 0 Å². The molecule has 1 saturated heterocycles. The third kappa shape index (κ3) is 4.72. The van der Waals surface area contributed by atoms with Gasteiger partial charge in [-0.25, -0.2) is 0 Å². The van der Waals surface area contributed by atoms with Gasteiger partial charge in [0.15, 0.2) is 0 Å². The van der Waals surface area contributed by atoms with E-state index in [4.69, 9.17) is 16.3 Å². The summed E-state index contributed by atoms with van der Waals surface area (Å²) in [6, 6.07) is 25.2. The summed E-state index contributed by atoms with van der Waals surface area (Å²) in [4.78, 5) is 27.4. The molecule has 0 atom stereocenters. The molecule has 5 nitrogen and oxygen atoms in total. The van der Waals surface area contributed by atoms with Gasteiger partial charge in [-0.05, 0) is 54.6 Å². The molecule has 1 aliphatic heterocycles. The number of hydrogen-bond donors (Lipinski definition) is 0. The van der Waals surface area contributed by atoms with Crippen LogP contribution in [0.15, 0.2) is 83.8 Å². The number of fused-ring (bicyclic) bond motifs is 1. The lowest BCUT2D eigenvalue weighted by molar-refractivity contribution is -0.123. The molecule has 0 saturated carbocycles. The highest BCUT2D eigenvalue weighted by molar-refractivity contribution is 8.18. The van der Waals surface area contributed by atoms with Crippen molar-refractivity contribution < 1.29 is 14.3 Å².